The third-order valence-electron chi connectivity index (χ3n) is 2.41. The van der Waals surface area contributed by atoms with Crippen LogP contribution in [0, 0.1) is 5.41 Å². The Balaban J connectivity index is 2.56. The van der Waals surface area contributed by atoms with Crippen LogP contribution in [-0.4, -0.2) is 24.1 Å². The molecule has 0 atom stereocenters. The van der Waals surface area contributed by atoms with Crippen molar-refractivity contribution >= 4 is 5.91 Å². The third-order valence-corrected chi connectivity index (χ3v) is 2.41. The molecule has 0 aliphatic carbocycles. The van der Waals surface area contributed by atoms with Crippen LogP contribution >= 0.6 is 0 Å². The number of hydrogen-bond donors (Lipinski definition) is 3. The first-order valence-corrected chi connectivity index (χ1v) is 5.22. The van der Waals surface area contributed by atoms with Gasteiger partial charge in [-0.1, -0.05) is 13.8 Å². The van der Waals surface area contributed by atoms with Crippen LogP contribution in [0.15, 0.2) is 24.3 Å². The number of carbonyl (C=O) groups excluding carboxylic acids is 1. The van der Waals surface area contributed by atoms with E-state index in [9.17, 15) is 4.79 Å². The lowest BCUT2D eigenvalue weighted by Gasteiger charge is -2.22. The number of benzene rings is 1. The summed E-state index contributed by atoms with van der Waals surface area (Å²) in [5, 5.41) is 11.9. The molecule has 0 fully saturated rings. The Kier molecular flexibility index (Phi) is 3.90. The van der Waals surface area contributed by atoms with Gasteiger partial charge in [-0.3, -0.25) is 4.79 Å². The maximum Gasteiger partial charge on any atom is 0.251 e. The Morgan fingerprint density at radius 3 is 2.44 bits per heavy atom. The summed E-state index contributed by atoms with van der Waals surface area (Å²) in [4.78, 5) is 11.7. The first-order chi connectivity index (χ1) is 7.44. The van der Waals surface area contributed by atoms with Crippen LogP contribution in [0.5, 0.6) is 5.75 Å². The molecule has 0 spiro atoms. The van der Waals surface area contributed by atoms with Gasteiger partial charge in [0.1, 0.15) is 5.75 Å². The van der Waals surface area contributed by atoms with Crippen LogP contribution in [0.3, 0.4) is 0 Å². The molecule has 0 saturated heterocycles. The number of carbonyl (C=O) groups is 1. The van der Waals surface area contributed by atoms with Crippen molar-refractivity contribution in [2.75, 3.05) is 13.1 Å². The summed E-state index contributed by atoms with van der Waals surface area (Å²) in [7, 11) is 0. The number of nitrogens with one attached hydrogen (secondary N) is 1. The lowest BCUT2D eigenvalue weighted by Crippen LogP contribution is -2.38. The molecule has 1 aromatic rings. The number of rotatable bonds is 4. The fraction of sp³-hybridized carbons (Fsp3) is 0.417. The number of hydrogen-bond acceptors (Lipinski definition) is 3. The highest BCUT2D eigenvalue weighted by atomic mass is 16.3. The minimum absolute atomic E-state index is 0.105. The van der Waals surface area contributed by atoms with Crippen molar-refractivity contribution in [3.8, 4) is 5.75 Å². The minimum Gasteiger partial charge on any atom is -0.508 e. The van der Waals surface area contributed by atoms with Gasteiger partial charge in [0.2, 0.25) is 0 Å². The van der Waals surface area contributed by atoms with E-state index in [2.05, 4.69) is 5.32 Å². The topological polar surface area (TPSA) is 75.3 Å². The zero-order valence-electron chi connectivity index (χ0n) is 9.66. The molecular formula is C12H18N2O2. The molecule has 4 N–H and O–H groups in total. The maximum absolute atomic E-state index is 11.7. The largest absolute Gasteiger partial charge is 0.508 e. The van der Waals surface area contributed by atoms with Crippen LogP contribution in [0.25, 0.3) is 0 Å². The molecule has 16 heavy (non-hydrogen) atoms. The molecule has 0 saturated carbocycles. The molecule has 0 bridgehead atoms. The molecule has 0 aromatic heterocycles. The van der Waals surface area contributed by atoms with Crippen molar-refractivity contribution in [1.82, 2.24) is 5.32 Å². The molecule has 0 aliphatic heterocycles. The summed E-state index contributed by atoms with van der Waals surface area (Å²) >= 11 is 0. The molecule has 4 heteroatoms. The highest BCUT2D eigenvalue weighted by Crippen LogP contribution is 2.12. The van der Waals surface area contributed by atoms with Crippen molar-refractivity contribution in [2.24, 2.45) is 11.1 Å². The van der Waals surface area contributed by atoms with Crippen LogP contribution in [0.4, 0.5) is 0 Å². The Bertz CT molecular complexity index is 358. The first kappa shape index (κ1) is 12.5. The standard InChI is InChI=1S/C12H18N2O2/c1-12(2,7-13)8-14-11(16)9-3-5-10(15)6-4-9/h3-6,15H,7-8,13H2,1-2H3,(H,14,16). The second kappa shape index (κ2) is 4.99. The first-order valence-electron chi connectivity index (χ1n) is 5.22. The van der Waals surface area contributed by atoms with Crippen molar-refractivity contribution in [1.29, 1.82) is 0 Å². The average Bonchev–Trinajstić information content (AvgIpc) is 2.27. The van der Waals surface area contributed by atoms with Gasteiger partial charge in [-0.05, 0) is 36.2 Å². The molecule has 0 unspecified atom stereocenters. The highest BCUT2D eigenvalue weighted by Gasteiger charge is 2.16. The quantitative estimate of drug-likeness (QED) is 0.714. The van der Waals surface area contributed by atoms with E-state index in [-0.39, 0.29) is 17.1 Å². The summed E-state index contributed by atoms with van der Waals surface area (Å²) in [6, 6.07) is 6.15. The number of phenolic OH excluding ortho intramolecular Hbond substituents is 1. The molecule has 1 rings (SSSR count). The van der Waals surface area contributed by atoms with Gasteiger partial charge in [0, 0.05) is 12.1 Å². The molecule has 1 aromatic carbocycles. The zero-order chi connectivity index (χ0) is 12.2. The lowest BCUT2D eigenvalue weighted by molar-refractivity contribution is 0.0938. The molecule has 0 heterocycles. The normalized spacial score (nSPS) is 11.2. The molecule has 1 amide bonds. The van der Waals surface area contributed by atoms with Gasteiger partial charge in [-0.2, -0.15) is 0 Å². The van der Waals surface area contributed by atoms with E-state index in [0.29, 0.717) is 18.7 Å². The lowest BCUT2D eigenvalue weighted by atomic mass is 9.94. The van der Waals surface area contributed by atoms with E-state index in [4.69, 9.17) is 10.8 Å². The van der Waals surface area contributed by atoms with E-state index < -0.39 is 0 Å². The highest BCUT2D eigenvalue weighted by molar-refractivity contribution is 5.94. The van der Waals surface area contributed by atoms with Gasteiger partial charge in [0.05, 0.1) is 0 Å². The third kappa shape index (κ3) is 3.55. The zero-order valence-corrected chi connectivity index (χ0v) is 9.66. The number of phenols is 1. The van der Waals surface area contributed by atoms with E-state index in [1.807, 2.05) is 13.8 Å². The van der Waals surface area contributed by atoms with E-state index in [1.165, 1.54) is 12.1 Å². The van der Waals surface area contributed by atoms with Gasteiger partial charge in [0.15, 0.2) is 0 Å². The van der Waals surface area contributed by atoms with Gasteiger partial charge < -0.3 is 16.2 Å². The van der Waals surface area contributed by atoms with E-state index in [0.717, 1.165) is 0 Å². The number of nitrogens with two attached hydrogens (primary N) is 1. The predicted molar refractivity (Wildman–Crippen MR) is 63.3 cm³/mol. The average molecular weight is 222 g/mol. The summed E-state index contributed by atoms with van der Waals surface area (Å²) in [6.45, 7) is 5.03. The van der Waals surface area contributed by atoms with E-state index >= 15 is 0 Å². The second-order valence-corrected chi connectivity index (χ2v) is 4.60. The van der Waals surface area contributed by atoms with Gasteiger partial charge in [0.25, 0.3) is 5.91 Å². The number of amides is 1. The summed E-state index contributed by atoms with van der Waals surface area (Å²) in [6.07, 6.45) is 0. The minimum atomic E-state index is -0.151. The van der Waals surface area contributed by atoms with Crippen LogP contribution in [0.1, 0.15) is 24.2 Å². The van der Waals surface area contributed by atoms with Crippen LogP contribution in [-0.2, 0) is 0 Å². The fourth-order valence-electron chi connectivity index (χ4n) is 1.11. The van der Waals surface area contributed by atoms with Crippen molar-refractivity contribution in [2.45, 2.75) is 13.8 Å². The van der Waals surface area contributed by atoms with Crippen molar-refractivity contribution < 1.29 is 9.90 Å². The Labute approximate surface area is 95.5 Å². The molecular weight excluding hydrogens is 204 g/mol. The fourth-order valence-corrected chi connectivity index (χ4v) is 1.11. The van der Waals surface area contributed by atoms with Crippen molar-refractivity contribution in [3.63, 3.8) is 0 Å². The molecule has 0 aliphatic rings. The predicted octanol–water partition coefficient (Wildman–Crippen LogP) is 1.11. The maximum atomic E-state index is 11.7. The Hall–Kier alpha value is -1.55. The molecule has 0 radical (unpaired) electrons. The summed E-state index contributed by atoms with van der Waals surface area (Å²) in [5.41, 5.74) is 6.00. The second-order valence-electron chi connectivity index (χ2n) is 4.60. The van der Waals surface area contributed by atoms with Gasteiger partial charge in [-0.25, -0.2) is 0 Å². The van der Waals surface area contributed by atoms with Crippen LogP contribution < -0.4 is 11.1 Å². The summed E-state index contributed by atoms with van der Waals surface area (Å²) < 4.78 is 0. The molecule has 4 nitrogen and oxygen atoms in total. The van der Waals surface area contributed by atoms with Crippen LogP contribution in [0.2, 0.25) is 0 Å². The molecule has 88 valence electrons. The summed E-state index contributed by atoms with van der Waals surface area (Å²) in [5.74, 6) is 0.000336. The number of aromatic hydroxyl groups is 1. The Morgan fingerprint density at radius 2 is 1.94 bits per heavy atom. The SMILES string of the molecule is CC(C)(CN)CNC(=O)c1ccc(O)cc1. The van der Waals surface area contributed by atoms with Gasteiger partial charge in [-0.15, -0.1) is 0 Å². The Morgan fingerprint density at radius 1 is 1.38 bits per heavy atom. The van der Waals surface area contributed by atoms with Gasteiger partial charge >= 0.3 is 0 Å². The smallest absolute Gasteiger partial charge is 0.251 e. The van der Waals surface area contributed by atoms with Crippen molar-refractivity contribution in [3.05, 3.63) is 29.8 Å². The monoisotopic (exact) mass is 222 g/mol. The van der Waals surface area contributed by atoms with E-state index in [1.54, 1.807) is 12.1 Å².